The molecule has 5 nitrogen and oxygen atoms in total. The number of benzene rings is 2. The number of carbonyl (C=O) groups excluding carboxylic acids is 1. The Hall–Kier alpha value is -1.89. The molecule has 4 rings (SSSR count). The van der Waals surface area contributed by atoms with Crippen LogP contribution in [-0.4, -0.2) is 40.2 Å². The molecule has 138 valence electrons. The lowest BCUT2D eigenvalue weighted by Gasteiger charge is -2.17. The minimum atomic E-state index is -3.27. The van der Waals surface area contributed by atoms with E-state index < -0.39 is 9.84 Å². The molecule has 2 aliphatic rings. The average Bonchev–Trinajstić information content (AvgIpc) is 3.02. The first-order valence-electron chi connectivity index (χ1n) is 8.37. The van der Waals surface area contributed by atoms with Crippen molar-refractivity contribution in [3.05, 3.63) is 53.6 Å². The maximum Gasteiger partial charge on any atom is 0.251 e. The molecule has 26 heavy (non-hydrogen) atoms. The molecular formula is C19H21ClN2O3S. The van der Waals surface area contributed by atoms with Gasteiger partial charge in [0, 0.05) is 37.4 Å². The van der Waals surface area contributed by atoms with E-state index in [1.807, 2.05) is 24.3 Å². The fraction of sp³-hybridized carbons (Fsp3) is 0.316. The van der Waals surface area contributed by atoms with Crippen LogP contribution in [0.1, 0.15) is 21.8 Å². The number of rotatable bonds is 2. The zero-order valence-electron chi connectivity index (χ0n) is 14.4. The fourth-order valence-corrected chi connectivity index (χ4v) is 4.46. The third-order valence-electron chi connectivity index (χ3n) is 5.16. The molecule has 2 N–H and O–H groups in total. The molecule has 0 spiro atoms. The Labute approximate surface area is 159 Å². The average molecular weight is 393 g/mol. The molecule has 0 aliphatic carbocycles. The lowest BCUT2D eigenvalue weighted by molar-refractivity contribution is 0.0952. The highest BCUT2D eigenvalue weighted by Crippen LogP contribution is 2.35. The van der Waals surface area contributed by atoms with E-state index in [-0.39, 0.29) is 23.2 Å². The summed E-state index contributed by atoms with van der Waals surface area (Å²) in [4.78, 5) is 12.8. The Morgan fingerprint density at radius 2 is 1.77 bits per heavy atom. The van der Waals surface area contributed by atoms with Crippen LogP contribution in [0.3, 0.4) is 0 Å². The molecule has 0 radical (unpaired) electrons. The zero-order chi connectivity index (χ0) is 17.6. The van der Waals surface area contributed by atoms with Crippen molar-refractivity contribution >= 4 is 28.2 Å². The van der Waals surface area contributed by atoms with Crippen molar-refractivity contribution < 1.29 is 13.2 Å². The van der Waals surface area contributed by atoms with E-state index in [0.29, 0.717) is 23.9 Å². The van der Waals surface area contributed by atoms with Crippen LogP contribution in [0.15, 0.2) is 47.4 Å². The first-order chi connectivity index (χ1) is 11.9. The highest BCUT2D eigenvalue weighted by molar-refractivity contribution is 7.90. The summed E-state index contributed by atoms with van der Waals surface area (Å²) < 4.78 is 23.6. The predicted octanol–water partition coefficient (Wildman–Crippen LogP) is 2.23. The van der Waals surface area contributed by atoms with Gasteiger partial charge in [-0.1, -0.05) is 24.3 Å². The van der Waals surface area contributed by atoms with Crippen LogP contribution in [-0.2, 0) is 9.84 Å². The minimum Gasteiger partial charge on any atom is -0.352 e. The molecule has 0 unspecified atom stereocenters. The summed E-state index contributed by atoms with van der Waals surface area (Å²) >= 11 is 0. The standard InChI is InChI=1S/C19H20N2O3S.ClH/c1-25(23,24)15-4-2-3-12(7-15)13-5-6-16-17(8-13)19(22)21-10-14-9-20-11-18(14)16;/h2-8,14,18,20H,9-11H2,1H3,(H,21,22);1H/t14-,18+;/m1./s1. The van der Waals surface area contributed by atoms with Crippen LogP contribution in [0.5, 0.6) is 0 Å². The van der Waals surface area contributed by atoms with Gasteiger partial charge in [-0.05, 0) is 40.8 Å². The fourth-order valence-electron chi connectivity index (χ4n) is 3.79. The maximum absolute atomic E-state index is 12.5. The van der Waals surface area contributed by atoms with Crippen molar-refractivity contribution in [2.24, 2.45) is 5.92 Å². The number of hydrogen-bond donors (Lipinski definition) is 2. The second-order valence-electron chi connectivity index (χ2n) is 6.84. The minimum absolute atomic E-state index is 0. The van der Waals surface area contributed by atoms with Gasteiger partial charge in [0.25, 0.3) is 5.91 Å². The topological polar surface area (TPSA) is 75.3 Å². The Balaban J connectivity index is 0.00000196. The van der Waals surface area contributed by atoms with Crippen molar-refractivity contribution in [1.29, 1.82) is 0 Å². The van der Waals surface area contributed by atoms with Crippen molar-refractivity contribution in [1.82, 2.24) is 10.6 Å². The normalized spacial score (nSPS) is 21.8. The third kappa shape index (κ3) is 3.37. The largest absolute Gasteiger partial charge is 0.352 e. The molecule has 0 bridgehead atoms. The van der Waals surface area contributed by atoms with Gasteiger partial charge in [-0.25, -0.2) is 8.42 Å². The number of hydrogen-bond acceptors (Lipinski definition) is 4. The molecule has 1 fully saturated rings. The van der Waals surface area contributed by atoms with E-state index in [0.717, 1.165) is 29.8 Å². The summed E-state index contributed by atoms with van der Waals surface area (Å²) in [5.74, 6) is 0.709. The van der Waals surface area contributed by atoms with Gasteiger partial charge in [0.1, 0.15) is 0 Å². The maximum atomic E-state index is 12.5. The van der Waals surface area contributed by atoms with E-state index in [9.17, 15) is 13.2 Å². The summed E-state index contributed by atoms with van der Waals surface area (Å²) in [5, 5.41) is 6.41. The van der Waals surface area contributed by atoms with Gasteiger partial charge in [-0.2, -0.15) is 0 Å². The molecule has 7 heteroatoms. The Morgan fingerprint density at radius 1 is 1.00 bits per heavy atom. The lowest BCUT2D eigenvalue weighted by atomic mass is 9.86. The Bertz CT molecular complexity index is 959. The van der Waals surface area contributed by atoms with Crippen LogP contribution in [0.25, 0.3) is 11.1 Å². The molecule has 1 amide bonds. The van der Waals surface area contributed by atoms with E-state index in [1.54, 1.807) is 18.2 Å². The highest BCUT2D eigenvalue weighted by atomic mass is 35.5. The van der Waals surface area contributed by atoms with Gasteiger partial charge in [0.2, 0.25) is 0 Å². The predicted molar refractivity (Wildman–Crippen MR) is 104 cm³/mol. The lowest BCUT2D eigenvalue weighted by Crippen LogP contribution is -2.28. The monoisotopic (exact) mass is 392 g/mol. The molecule has 2 heterocycles. The van der Waals surface area contributed by atoms with Crippen LogP contribution in [0, 0.1) is 5.92 Å². The SMILES string of the molecule is CS(=O)(=O)c1cccc(-c2ccc3c(c2)C(=O)NC[C@H]2CNC[C@H]32)c1.Cl. The zero-order valence-corrected chi connectivity index (χ0v) is 16.0. The molecule has 0 aromatic heterocycles. The van der Waals surface area contributed by atoms with Gasteiger partial charge in [-0.3, -0.25) is 4.79 Å². The van der Waals surface area contributed by atoms with Gasteiger partial charge >= 0.3 is 0 Å². The number of halogens is 1. The van der Waals surface area contributed by atoms with Crippen LogP contribution in [0.2, 0.25) is 0 Å². The number of nitrogens with one attached hydrogen (secondary N) is 2. The van der Waals surface area contributed by atoms with Crippen molar-refractivity contribution in [2.75, 3.05) is 25.9 Å². The van der Waals surface area contributed by atoms with E-state index in [1.165, 1.54) is 6.26 Å². The second-order valence-corrected chi connectivity index (χ2v) is 8.85. The summed E-state index contributed by atoms with van der Waals surface area (Å²) in [6.45, 7) is 2.49. The highest BCUT2D eigenvalue weighted by Gasteiger charge is 2.34. The van der Waals surface area contributed by atoms with Gasteiger partial charge in [0.15, 0.2) is 9.84 Å². The molecule has 2 aliphatic heterocycles. The van der Waals surface area contributed by atoms with Gasteiger partial charge < -0.3 is 10.6 Å². The smallest absolute Gasteiger partial charge is 0.251 e. The first kappa shape index (κ1) is 18.9. The molecule has 2 aromatic carbocycles. The van der Waals surface area contributed by atoms with Gasteiger partial charge in [-0.15, -0.1) is 12.4 Å². The molecule has 2 aromatic rings. The van der Waals surface area contributed by atoms with E-state index >= 15 is 0 Å². The second kappa shape index (κ2) is 7.02. The van der Waals surface area contributed by atoms with Crippen molar-refractivity contribution in [3.63, 3.8) is 0 Å². The van der Waals surface area contributed by atoms with Gasteiger partial charge in [0.05, 0.1) is 4.90 Å². The Morgan fingerprint density at radius 3 is 2.54 bits per heavy atom. The van der Waals surface area contributed by atoms with E-state index in [2.05, 4.69) is 10.6 Å². The first-order valence-corrected chi connectivity index (χ1v) is 10.3. The van der Waals surface area contributed by atoms with Crippen molar-refractivity contribution in [2.45, 2.75) is 10.8 Å². The van der Waals surface area contributed by atoms with E-state index in [4.69, 9.17) is 0 Å². The Kier molecular flexibility index (Phi) is 5.10. The molecule has 1 saturated heterocycles. The van der Waals surface area contributed by atoms with Crippen LogP contribution >= 0.6 is 12.4 Å². The molecular weight excluding hydrogens is 372 g/mol. The summed E-state index contributed by atoms with van der Waals surface area (Å²) in [6, 6.07) is 12.7. The quantitative estimate of drug-likeness (QED) is 0.821. The number of sulfone groups is 1. The third-order valence-corrected chi connectivity index (χ3v) is 6.27. The summed E-state index contributed by atoms with van der Waals surface area (Å²) in [6.07, 6.45) is 1.20. The number of amides is 1. The molecule has 0 saturated carbocycles. The molecule has 2 atom stereocenters. The van der Waals surface area contributed by atoms with Crippen molar-refractivity contribution in [3.8, 4) is 11.1 Å². The number of fused-ring (bicyclic) bond motifs is 3. The van der Waals surface area contributed by atoms with Crippen LogP contribution in [0.4, 0.5) is 0 Å². The number of carbonyl (C=O) groups is 1. The van der Waals surface area contributed by atoms with Crippen LogP contribution < -0.4 is 10.6 Å². The summed E-state index contributed by atoms with van der Waals surface area (Å²) in [7, 11) is -3.27. The summed E-state index contributed by atoms with van der Waals surface area (Å²) in [5.41, 5.74) is 3.42.